The molecular formula is C19H29NO3S. The average molecular weight is 352 g/mol. The van der Waals surface area contributed by atoms with Crippen molar-refractivity contribution in [3.05, 3.63) is 30.3 Å². The van der Waals surface area contributed by atoms with Crippen molar-refractivity contribution in [1.29, 1.82) is 0 Å². The number of hydrogen-bond donors (Lipinski definition) is 1. The second kappa shape index (κ2) is 12.9. The van der Waals surface area contributed by atoms with Crippen molar-refractivity contribution in [3.63, 3.8) is 0 Å². The molecule has 1 N–H and O–H groups in total. The monoisotopic (exact) mass is 351 g/mol. The predicted octanol–water partition coefficient (Wildman–Crippen LogP) is 4.19. The van der Waals surface area contributed by atoms with E-state index in [1.807, 2.05) is 30.3 Å². The molecule has 0 bridgehead atoms. The fourth-order valence-electron chi connectivity index (χ4n) is 2.34. The van der Waals surface area contributed by atoms with Crippen LogP contribution in [0.2, 0.25) is 0 Å². The van der Waals surface area contributed by atoms with Gasteiger partial charge in [-0.25, -0.2) is 0 Å². The maximum absolute atomic E-state index is 12.1. The number of benzene rings is 1. The number of thioether (sulfide) groups is 1. The van der Waals surface area contributed by atoms with E-state index in [1.165, 1.54) is 26.4 Å². The van der Waals surface area contributed by atoms with Crippen LogP contribution in [0, 0.1) is 0 Å². The summed E-state index contributed by atoms with van der Waals surface area (Å²) in [6, 6.07) is 9.77. The first-order chi connectivity index (χ1) is 11.7. The largest absolute Gasteiger partial charge is 0.469 e. The number of methoxy groups -OCH3 is 1. The number of unbranched alkanes of at least 4 members (excludes halogenated alkanes) is 4. The molecule has 0 unspecified atom stereocenters. The van der Waals surface area contributed by atoms with E-state index in [0.29, 0.717) is 12.2 Å². The van der Waals surface area contributed by atoms with Crippen molar-refractivity contribution in [2.75, 3.05) is 12.9 Å². The van der Waals surface area contributed by atoms with E-state index in [2.05, 4.69) is 12.2 Å². The zero-order chi connectivity index (χ0) is 17.6. The van der Waals surface area contributed by atoms with E-state index >= 15 is 0 Å². The van der Waals surface area contributed by atoms with Crippen molar-refractivity contribution in [2.45, 2.75) is 62.8 Å². The summed E-state index contributed by atoms with van der Waals surface area (Å²) < 4.78 is 4.74. The summed E-state index contributed by atoms with van der Waals surface area (Å²) in [6.45, 7) is 2.18. The van der Waals surface area contributed by atoms with Crippen molar-refractivity contribution < 1.29 is 14.3 Å². The lowest BCUT2D eigenvalue weighted by Crippen LogP contribution is -2.38. The first-order valence-corrected chi connectivity index (χ1v) is 9.68. The van der Waals surface area contributed by atoms with Gasteiger partial charge in [0.2, 0.25) is 5.91 Å². The fraction of sp³-hybridized carbons (Fsp3) is 0.579. The number of ether oxygens (including phenoxy) is 1. The summed E-state index contributed by atoms with van der Waals surface area (Å²) in [6.07, 6.45) is 6.32. The normalized spacial score (nSPS) is 11.8. The number of amides is 1. The van der Waals surface area contributed by atoms with Crippen molar-refractivity contribution in [1.82, 2.24) is 5.32 Å². The zero-order valence-electron chi connectivity index (χ0n) is 14.8. The Hall–Kier alpha value is -1.49. The predicted molar refractivity (Wildman–Crippen MR) is 99.1 cm³/mol. The maximum atomic E-state index is 12.1. The highest BCUT2D eigenvalue weighted by Crippen LogP contribution is 2.19. The highest BCUT2D eigenvalue weighted by molar-refractivity contribution is 7.99. The Kier molecular flexibility index (Phi) is 11.0. The molecule has 0 heterocycles. The smallest absolute Gasteiger partial charge is 0.307 e. The van der Waals surface area contributed by atoms with Gasteiger partial charge in [-0.15, -0.1) is 11.8 Å². The van der Waals surface area contributed by atoms with Gasteiger partial charge in [0, 0.05) is 23.1 Å². The topological polar surface area (TPSA) is 55.4 Å². The molecule has 0 saturated carbocycles. The molecule has 0 spiro atoms. The van der Waals surface area contributed by atoms with Crippen LogP contribution in [0.3, 0.4) is 0 Å². The summed E-state index contributed by atoms with van der Waals surface area (Å²) in [7, 11) is 1.37. The first kappa shape index (κ1) is 20.6. The van der Waals surface area contributed by atoms with Gasteiger partial charge >= 0.3 is 5.97 Å². The summed E-state index contributed by atoms with van der Waals surface area (Å²) in [5, 5.41) is 2.98. The van der Waals surface area contributed by atoms with E-state index in [-0.39, 0.29) is 24.3 Å². The van der Waals surface area contributed by atoms with Gasteiger partial charge in [0.1, 0.15) is 0 Å². The number of rotatable bonds is 12. The van der Waals surface area contributed by atoms with Crippen LogP contribution in [-0.4, -0.2) is 30.8 Å². The van der Waals surface area contributed by atoms with Crippen molar-refractivity contribution in [3.8, 4) is 0 Å². The van der Waals surface area contributed by atoms with E-state index in [9.17, 15) is 9.59 Å². The van der Waals surface area contributed by atoms with Crippen LogP contribution in [0.25, 0.3) is 0 Å². The molecule has 0 aliphatic rings. The van der Waals surface area contributed by atoms with Gasteiger partial charge in [-0.05, 0) is 18.6 Å². The summed E-state index contributed by atoms with van der Waals surface area (Å²) >= 11 is 1.64. The van der Waals surface area contributed by atoms with Gasteiger partial charge in [-0.3, -0.25) is 9.59 Å². The van der Waals surface area contributed by atoms with Crippen LogP contribution in [0.15, 0.2) is 35.2 Å². The Morgan fingerprint density at radius 2 is 1.83 bits per heavy atom. The molecule has 0 fully saturated rings. The molecule has 0 aliphatic carbocycles. The van der Waals surface area contributed by atoms with Gasteiger partial charge in [0.25, 0.3) is 0 Å². The van der Waals surface area contributed by atoms with Crippen LogP contribution in [0.4, 0.5) is 0 Å². The van der Waals surface area contributed by atoms with Gasteiger partial charge in [0.15, 0.2) is 0 Å². The second-order valence-corrected chi connectivity index (χ2v) is 6.93. The third-order valence-corrected chi connectivity index (χ3v) is 4.88. The molecule has 0 saturated heterocycles. The third-order valence-electron chi connectivity index (χ3n) is 3.71. The summed E-state index contributed by atoms with van der Waals surface area (Å²) in [4.78, 5) is 24.8. The molecule has 1 atom stereocenters. The van der Waals surface area contributed by atoms with Crippen LogP contribution >= 0.6 is 11.8 Å². The van der Waals surface area contributed by atoms with Crippen LogP contribution in [0.5, 0.6) is 0 Å². The molecule has 1 aromatic rings. The minimum atomic E-state index is -0.295. The standard InChI is InChI=1S/C19H29NO3S/c1-3-4-5-6-10-13-18(21)20-16(14-19(22)23-2)15-24-17-11-8-7-9-12-17/h7-9,11-12,16H,3-6,10,13-15H2,1-2H3,(H,20,21)/t16-/m0/s1. The summed E-state index contributed by atoms with van der Waals surface area (Å²) in [5.41, 5.74) is 0. The third kappa shape index (κ3) is 9.60. The van der Waals surface area contributed by atoms with Crippen molar-refractivity contribution >= 4 is 23.6 Å². The van der Waals surface area contributed by atoms with Crippen molar-refractivity contribution in [2.24, 2.45) is 0 Å². The number of esters is 1. The Morgan fingerprint density at radius 3 is 2.50 bits per heavy atom. The SMILES string of the molecule is CCCCCCCC(=O)N[C@H](CSc1ccccc1)CC(=O)OC. The highest BCUT2D eigenvalue weighted by atomic mass is 32.2. The lowest BCUT2D eigenvalue weighted by molar-refractivity contribution is -0.141. The molecule has 1 amide bonds. The molecule has 1 rings (SSSR count). The minimum absolute atomic E-state index is 0.0223. The van der Waals surface area contributed by atoms with Crippen LogP contribution in [0.1, 0.15) is 51.9 Å². The molecule has 1 aromatic carbocycles. The van der Waals surface area contributed by atoms with Gasteiger partial charge in [-0.1, -0.05) is 50.8 Å². The van der Waals surface area contributed by atoms with E-state index in [1.54, 1.807) is 11.8 Å². The number of nitrogens with one attached hydrogen (secondary N) is 1. The molecule has 0 radical (unpaired) electrons. The molecule has 4 nitrogen and oxygen atoms in total. The minimum Gasteiger partial charge on any atom is -0.469 e. The second-order valence-electron chi connectivity index (χ2n) is 5.83. The molecule has 0 aliphatic heterocycles. The van der Waals surface area contributed by atoms with Gasteiger partial charge < -0.3 is 10.1 Å². The lowest BCUT2D eigenvalue weighted by Gasteiger charge is -2.17. The van der Waals surface area contributed by atoms with E-state index in [4.69, 9.17) is 4.74 Å². The zero-order valence-corrected chi connectivity index (χ0v) is 15.6. The Morgan fingerprint density at radius 1 is 1.12 bits per heavy atom. The Bertz CT molecular complexity index is 479. The molecule has 24 heavy (non-hydrogen) atoms. The van der Waals surface area contributed by atoms with E-state index < -0.39 is 0 Å². The number of carbonyl (C=O) groups is 2. The van der Waals surface area contributed by atoms with E-state index in [0.717, 1.165) is 17.7 Å². The molecular weight excluding hydrogens is 322 g/mol. The van der Waals surface area contributed by atoms with Crippen LogP contribution in [-0.2, 0) is 14.3 Å². The van der Waals surface area contributed by atoms with Crippen LogP contribution < -0.4 is 5.32 Å². The highest BCUT2D eigenvalue weighted by Gasteiger charge is 2.17. The number of hydrogen-bond acceptors (Lipinski definition) is 4. The van der Waals surface area contributed by atoms with Gasteiger partial charge in [0.05, 0.1) is 13.5 Å². The summed E-state index contributed by atoms with van der Waals surface area (Å²) in [5.74, 6) is 0.381. The van der Waals surface area contributed by atoms with Gasteiger partial charge in [-0.2, -0.15) is 0 Å². The maximum Gasteiger partial charge on any atom is 0.307 e. The first-order valence-electron chi connectivity index (χ1n) is 8.69. The fourth-order valence-corrected chi connectivity index (χ4v) is 3.28. The Balaban J connectivity index is 2.40. The quantitative estimate of drug-likeness (QED) is 0.348. The average Bonchev–Trinajstić information content (AvgIpc) is 2.60. The Labute approximate surface area is 149 Å². The molecule has 0 aromatic heterocycles. The molecule has 5 heteroatoms. The number of carbonyl (C=O) groups excluding carboxylic acids is 2. The molecule has 134 valence electrons. The lowest BCUT2D eigenvalue weighted by atomic mass is 10.1.